The largest absolute Gasteiger partial charge is 0.398 e. The van der Waals surface area contributed by atoms with E-state index in [4.69, 9.17) is 5.73 Å². The highest BCUT2D eigenvalue weighted by atomic mass is 32.1. The second-order valence-electron chi connectivity index (χ2n) is 5.05. The van der Waals surface area contributed by atoms with Crippen molar-refractivity contribution in [2.75, 3.05) is 5.73 Å². The topological polar surface area (TPSA) is 43.1 Å². The number of allylic oxidation sites excluding steroid dienone is 1. The van der Waals surface area contributed by atoms with Crippen molar-refractivity contribution in [1.82, 2.24) is 0 Å². The Morgan fingerprint density at radius 2 is 2.15 bits per heavy atom. The molecule has 2 nitrogen and oxygen atoms in total. The molecular formula is C17H19NOS. The van der Waals surface area contributed by atoms with E-state index in [0.29, 0.717) is 17.2 Å². The van der Waals surface area contributed by atoms with Gasteiger partial charge in [-0.1, -0.05) is 25.1 Å². The molecule has 0 amide bonds. The molecule has 0 aliphatic rings. The highest BCUT2D eigenvalue weighted by Gasteiger charge is 2.16. The molecule has 0 saturated carbocycles. The Morgan fingerprint density at radius 1 is 1.45 bits per heavy atom. The number of carbonyl (C=O) groups is 1. The number of anilines is 1. The van der Waals surface area contributed by atoms with Gasteiger partial charge in [0.15, 0.2) is 0 Å². The average molecular weight is 285 g/mol. The maximum absolute atomic E-state index is 12.5. The normalized spacial score (nSPS) is 12.1. The highest BCUT2D eigenvalue weighted by Crippen LogP contribution is 2.28. The van der Waals surface area contributed by atoms with E-state index < -0.39 is 0 Å². The van der Waals surface area contributed by atoms with Gasteiger partial charge in [-0.25, -0.2) is 0 Å². The Bertz CT molecular complexity index is 642. The summed E-state index contributed by atoms with van der Waals surface area (Å²) in [6.07, 6.45) is 2.87. The van der Waals surface area contributed by atoms with Crippen LogP contribution >= 0.6 is 11.3 Å². The summed E-state index contributed by atoms with van der Waals surface area (Å²) in [5.74, 6) is 0.422. The van der Waals surface area contributed by atoms with E-state index in [-0.39, 0.29) is 5.78 Å². The number of nitrogens with two attached hydrogens (primary N) is 1. The molecular weight excluding hydrogens is 266 g/mol. The lowest BCUT2D eigenvalue weighted by atomic mass is 10.0. The van der Waals surface area contributed by atoms with Gasteiger partial charge in [0.1, 0.15) is 0 Å². The minimum atomic E-state index is 0.00806. The molecule has 0 radical (unpaired) electrons. The van der Waals surface area contributed by atoms with Gasteiger partial charge in [0.05, 0.1) is 4.88 Å². The number of para-hydroxylation sites is 1. The van der Waals surface area contributed by atoms with Crippen LogP contribution in [0.4, 0.5) is 5.69 Å². The van der Waals surface area contributed by atoms with E-state index in [1.165, 1.54) is 10.4 Å². The van der Waals surface area contributed by atoms with Gasteiger partial charge >= 0.3 is 0 Å². The van der Waals surface area contributed by atoms with Crippen LogP contribution in [0.15, 0.2) is 43.0 Å². The van der Waals surface area contributed by atoms with Crippen molar-refractivity contribution < 1.29 is 4.79 Å². The fourth-order valence-electron chi connectivity index (χ4n) is 2.05. The second kappa shape index (κ2) is 6.06. The summed E-state index contributed by atoms with van der Waals surface area (Å²) in [6, 6.07) is 9.17. The van der Waals surface area contributed by atoms with E-state index in [0.717, 1.165) is 11.3 Å². The monoisotopic (exact) mass is 285 g/mol. The van der Waals surface area contributed by atoms with Gasteiger partial charge in [-0.15, -0.1) is 17.9 Å². The molecule has 0 fully saturated rings. The molecule has 3 heteroatoms. The molecule has 0 saturated heterocycles. The minimum Gasteiger partial charge on any atom is -0.398 e. The van der Waals surface area contributed by atoms with Gasteiger partial charge in [0.2, 0.25) is 5.78 Å². The third-order valence-corrected chi connectivity index (χ3v) is 4.62. The van der Waals surface area contributed by atoms with Crippen LogP contribution < -0.4 is 5.73 Å². The van der Waals surface area contributed by atoms with Gasteiger partial charge in [-0.05, 0) is 43.0 Å². The standard InChI is InChI=1S/C17H19NOS/c1-4-11(2)9-15-12(3)10-16(20-15)17(19)13-7-5-6-8-14(13)18/h4-8,10-11H,1,9,18H2,2-3H3. The van der Waals surface area contributed by atoms with Crippen LogP contribution in [0, 0.1) is 12.8 Å². The molecule has 1 aromatic heterocycles. The molecule has 2 rings (SSSR count). The van der Waals surface area contributed by atoms with Crippen molar-refractivity contribution in [2.45, 2.75) is 20.3 Å². The zero-order valence-corrected chi connectivity index (χ0v) is 12.7. The quantitative estimate of drug-likeness (QED) is 0.507. The van der Waals surface area contributed by atoms with Crippen LogP contribution in [0.2, 0.25) is 0 Å². The van der Waals surface area contributed by atoms with E-state index in [1.54, 1.807) is 23.5 Å². The van der Waals surface area contributed by atoms with Crippen molar-refractivity contribution in [3.05, 3.63) is 63.9 Å². The fourth-order valence-corrected chi connectivity index (χ4v) is 3.32. The zero-order chi connectivity index (χ0) is 14.7. The van der Waals surface area contributed by atoms with Crippen molar-refractivity contribution in [3.8, 4) is 0 Å². The molecule has 1 atom stereocenters. The number of ketones is 1. The van der Waals surface area contributed by atoms with Gasteiger partial charge in [0, 0.05) is 16.1 Å². The summed E-state index contributed by atoms with van der Waals surface area (Å²) in [6.45, 7) is 7.98. The Morgan fingerprint density at radius 3 is 2.80 bits per heavy atom. The number of nitrogen functional groups attached to an aromatic ring is 1. The Labute approximate surface area is 123 Å². The third kappa shape index (κ3) is 2.99. The number of hydrogen-bond acceptors (Lipinski definition) is 3. The summed E-state index contributed by atoms with van der Waals surface area (Å²) in [7, 11) is 0. The van der Waals surface area contributed by atoms with E-state index in [2.05, 4.69) is 13.5 Å². The molecule has 1 heterocycles. The van der Waals surface area contributed by atoms with Crippen molar-refractivity contribution >= 4 is 22.8 Å². The number of benzene rings is 1. The molecule has 2 N–H and O–H groups in total. The molecule has 104 valence electrons. The van der Waals surface area contributed by atoms with Crippen LogP contribution in [0.5, 0.6) is 0 Å². The van der Waals surface area contributed by atoms with Crippen LogP contribution in [0.3, 0.4) is 0 Å². The molecule has 20 heavy (non-hydrogen) atoms. The smallest absolute Gasteiger partial charge is 0.205 e. The molecule has 2 aromatic rings. The number of hydrogen-bond donors (Lipinski definition) is 1. The van der Waals surface area contributed by atoms with Crippen molar-refractivity contribution in [3.63, 3.8) is 0 Å². The fraction of sp³-hybridized carbons (Fsp3) is 0.235. The van der Waals surface area contributed by atoms with Gasteiger partial charge in [-0.3, -0.25) is 4.79 Å². The van der Waals surface area contributed by atoms with E-state index in [1.807, 2.05) is 31.2 Å². The van der Waals surface area contributed by atoms with E-state index >= 15 is 0 Å². The Kier molecular flexibility index (Phi) is 4.40. The number of thiophene rings is 1. The molecule has 1 aromatic carbocycles. The molecule has 0 aliphatic heterocycles. The van der Waals surface area contributed by atoms with E-state index in [9.17, 15) is 4.79 Å². The first-order chi connectivity index (χ1) is 9.52. The molecule has 0 aliphatic carbocycles. The maximum Gasteiger partial charge on any atom is 0.205 e. The van der Waals surface area contributed by atoms with Gasteiger partial charge in [0.25, 0.3) is 0 Å². The Hall–Kier alpha value is -1.87. The lowest BCUT2D eigenvalue weighted by molar-refractivity contribution is 0.104. The number of carbonyl (C=O) groups excluding carboxylic acids is 1. The highest BCUT2D eigenvalue weighted by molar-refractivity contribution is 7.14. The summed E-state index contributed by atoms with van der Waals surface area (Å²) < 4.78 is 0. The SMILES string of the molecule is C=CC(C)Cc1sc(C(=O)c2ccccc2N)cc1C. The van der Waals surface area contributed by atoms with Crippen LogP contribution in [0.1, 0.15) is 32.6 Å². The second-order valence-corrected chi connectivity index (χ2v) is 6.19. The first-order valence-corrected chi connectivity index (χ1v) is 7.45. The molecule has 0 spiro atoms. The Balaban J connectivity index is 2.30. The summed E-state index contributed by atoms with van der Waals surface area (Å²) in [5, 5.41) is 0. The van der Waals surface area contributed by atoms with Crippen molar-refractivity contribution in [2.24, 2.45) is 5.92 Å². The predicted octanol–water partition coefficient (Wildman–Crippen LogP) is 4.23. The van der Waals surface area contributed by atoms with Crippen molar-refractivity contribution in [1.29, 1.82) is 0 Å². The van der Waals surface area contributed by atoms with Gasteiger partial charge in [-0.2, -0.15) is 0 Å². The molecule has 1 unspecified atom stereocenters. The number of rotatable bonds is 5. The summed E-state index contributed by atoms with van der Waals surface area (Å²) in [5.41, 5.74) is 8.16. The van der Waals surface area contributed by atoms with Crippen LogP contribution in [-0.2, 0) is 6.42 Å². The van der Waals surface area contributed by atoms with Crippen LogP contribution in [-0.4, -0.2) is 5.78 Å². The third-order valence-electron chi connectivity index (χ3n) is 3.36. The zero-order valence-electron chi connectivity index (χ0n) is 11.8. The number of aryl methyl sites for hydroxylation is 1. The molecule has 0 bridgehead atoms. The lowest BCUT2D eigenvalue weighted by Gasteiger charge is -2.04. The first-order valence-electron chi connectivity index (χ1n) is 6.64. The maximum atomic E-state index is 12.5. The van der Waals surface area contributed by atoms with Crippen LogP contribution in [0.25, 0.3) is 0 Å². The van der Waals surface area contributed by atoms with Gasteiger partial charge < -0.3 is 5.73 Å². The predicted molar refractivity (Wildman–Crippen MR) is 86.4 cm³/mol. The first kappa shape index (κ1) is 14.5. The lowest BCUT2D eigenvalue weighted by Crippen LogP contribution is -2.03. The minimum absolute atomic E-state index is 0.00806. The summed E-state index contributed by atoms with van der Waals surface area (Å²) >= 11 is 1.56. The summed E-state index contributed by atoms with van der Waals surface area (Å²) in [4.78, 5) is 14.5. The average Bonchev–Trinajstić information content (AvgIpc) is 2.80.